The summed E-state index contributed by atoms with van der Waals surface area (Å²) in [5, 5.41) is 9.02. The average Bonchev–Trinajstić information content (AvgIpc) is 3.61. The first-order chi connectivity index (χ1) is 16.8. The molecule has 0 amide bonds. The standard InChI is InChI=1S/C24H28N6O4/c1-31-15-17-3-2-9-29(17)24-18-11-21(34-20(18)6-7-26-24)19-12-27-22-4-5-23(28-30(19)22)33-14-16-13-32-10-8-25-16/h4-7,11-12,16-17,25H,2-3,8-10,13-15H2,1H3/t16-,17+/m0/s1. The van der Waals surface area contributed by atoms with Crippen LogP contribution in [-0.4, -0.2) is 78.3 Å². The summed E-state index contributed by atoms with van der Waals surface area (Å²) in [4.78, 5) is 11.5. The SMILES string of the molecule is COC[C@H]1CCCN1c1nccc2oc(-c3cnc4ccc(OC[C@@H]5COCCN5)nn34)cc12. The van der Waals surface area contributed by atoms with Crippen LogP contribution in [0.2, 0.25) is 0 Å². The van der Waals surface area contributed by atoms with Gasteiger partial charge in [0.15, 0.2) is 11.4 Å². The largest absolute Gasteiger partial charge is 0.475 e. The number of nitrogens with one attached hydrogen (secondary N) is 1. The molecular formula is C24H28N6O4. The van der Waals surface area contributed by atoms with Crippen LogP contribution in [0.15, 0.2) is 41.1 Å². The second-order valence-electron chi connectivity index (χ2n) is 8.72. The molecule has 0 spiro atoms. The summed E-state index contributed by atoms with van der Waals surface area (Å²) in [6.07, 6.45) is 5.80. The number of imidazole rings is 1. The van der Waals surface area contributed by atoms with E-state index in [4.69, 9.17) is 23.6 Å². The fraction of sp³-hybridized carbons (Fsp3) is 0.458. The van der Waals surface area contributed by atoms with E-state index in [9.17, 15) is 0 Å². The minimum atomic E-state index is 0.155. The van der Waals surface area contributed by atoms with Crippen LogP contribution >= 0.6 is 0 Å². The predicted molar refractivity (Wildman–Crippen MR) is 126 cm³/mol. The van der Waals surface area contributed by atoms with Gasteiger partial charge in [0.05, 0.1) is 43.5 Å². The predicted octanol–water partition coefficient (Wildman–Crippen LogP) is 2.52. The summed E-state index contributed by atoms with van der Waals surface area (Å²) >= 11 is 0. The van der Waals surface area contributed by atoms with Crippen LogP contribution in [0.4, 0.5) is 5.82 Å². The van der Waals surface area contributed by atoms with Crippen molar-refractivity contribution in [2.75, 3.05) is 51.5 Å². The Bertz CT molecular complexity index is 1280. The Labute approximate surface area is 196 Å². The van der Waals surface area contributed by atoms with Crippen LogP contribution in [0.5, 0.6) is 5.88 Å². The maximum atomic E-state index is 6.24. The molecule has 0 aliphatic carbocycles. The highest BCUT2D eigenvalue weighted by Gasteiger charge is 2.28. The summed E-state index contributed by atoms with van der Waals surface area (Å²) in [5.74, 6) is 2.14. The van der Waals surface area contributed by atoms with Crippen LogP contribution in [0.3, 0.4) is 0 Å². The van der Waals surface area contributed by atoms with Gasteiger partial charge in [0.2, 0.25) is 5.88 Å². The highest BCUT2D eigenvalue weighted by molar-refractivity contribution is 5.92. The third kappa shape index (κ3) is 3.97. The van der Waals surface area contributed by atoms with E-state index < -0.39 is 0 Å². The molecule has 0 radical (unpaired) electrons. The molecular weight excluding hydrogens is 436 g/mol. The smallest absolute Gasteiger partial charge is 0.231 e. The number of pyridine rings is 1. The summed E-state index contributed by atoms with van der Waals surface area (Å²) in [7, 11) is 1.75. The van der Waals surface area contributed by atoms with Crippen molar-refractivity contribution in [3.8, 4) is 17.3 Å². The van der Waals surface area contributed by atoms with Crippen molar-refractivity contribution in [3.05, 3.63) is 36.7 Å². The molecule has 0 bridgehead atoms. The number of ether oxygens (including phenoxy) is 3. The van der Waals surface area contributed by atoms with Gasteiger partial charge in [-0.1, -0.05) is 0 Å². The first-order valence-corrected chi connectivity index (χ1v) is 11.7. The maximum Gasteiger partial charge on any atom is 0.231 e. The molecule has 6 rings (SSSR count). The Morgan fingerprint density at radius 1 is 1.21 bits per heavy atom. The first kappa shape index (κ1) is 21.3. The minimum Gasteiger partial charge on any atom is -0.475 e. The van der Waals surface area contributed by atoms with E-state index in [-0.39, 0.29) is 6.04 Å². The molecule has 2 saturated heterocycles. The Hall–Kier alpha value is -3.21. The van der Waals surface area contributed by atoms with E-state index in [0.717, 1.165) is 60.7 Å². The first-order valence-electron chi connectivity index (χ1n) is 11.7. The van der Waals surface area contributed by atoms with E-state index in [2.05, 4.69) is 20.3 Å². The number of morpholine rings is 1. The molecule has 0 aromatic carbocycles. The lowest BCUT2D eigenvalue weighted by Gasteiger charge is -2.25. The molecule has 4 aromatic rings. The van der Waals surface area contributed by atoms with Crippen molar-refractivity contribution >= 4 is 22.4 Å². The number of anilines is 1. The van der Waals surface area contributed by atoms with E-state index >= 15 is 0 Å². The van der Waals surface area contributed by atoms with Crippen molar-refractivity contribution in [2.45, 2.75) is 24.9 Å². The van der Waals surface area contributed by atoms with Crippen LogP contribution in [-0.2, 0) is 9.47 Å². The normalized spacial score (nSPS) is 21.0. The third-order valence-corrected chi connectivity index (χ3v) is 6.45. The van der Waals surface area contributed by atoms with Gasteiger partial charge < -0.3 is 28.8 Å². The van der Waals surface area contributed by atoms with E-state index in [1.54, 1.807) is 24.0 Å². The van der Waals surface area contributed by atoms with Gasteiger partial charge in [0.25, 0.3) is 0 Å². The summed E-state index contributed by atoms with van der Waals surface area (Å²) in [6.45, 7) is 4.33. The average molecular weight is 465 g/mol. The number of hydrogen-bond donors (Lipinski definition) is 1. The van der Waals surface area contributed by atoms with Crippen LogP contribution in [0.25, 0.3) is 28.1 Å². The molecule has 4 aromatic heterocycles. The lowest BCUT2D eigenvalue weighted by molar-refractivity contribution is 0.0583. The quantitative estimate of drug-likeness (QED) is 0.442. The number of aromatic nitrogens is 4. The molecule has 10 heteroatoms. The van der Waals surface area contributed by atoms with E-state index in [1.165, 1.54) is 0 Å². The number of nitrogens with zero attached hydrogens (tertiary/aromatic N) is 5. The Kier molecular flexibility index (Phi) is 5.78. The molecule has 178 valence electrons. The highest BCUT2D eigenvalue weighted by atomic mass is 16.5. The van der Waals surface area contributed by atoms with E-state index in [1.807, 2.05) is 24.3 Å². The van der Waals surface area contributed by atoms with Crippen molar-refractivity contribution in [1.82, 2.24) is 24.9 Å². The van der Waals surface area contributed by atoms with Crippen molar-refractivity contribution in [3.63, 3.8) is 0 Å². The summed E-state index contributed by atoms with van der Waals surface area (Å²) in [6, 6.07) is 8.13. The topological polar surface area (TPSA) is 99.2 Å². The number of rotatable bonds is 7. The number of fused-ring (bicyclic) bond motifs is 2. The van der Waals surface area contributed by atoms with Crippen LogP contribution in [0, 0.1) is 0 Å². The number of methoxy groups -OCH3 is 1. The summed E-state index contributed by atoms with van der Waals surface area (Å²) < 4.78 is 24.9. The zero-order valence-electron chi connectivity index (χ0n) is 19.1. The van der Waals surface area contributed by atoms with Crippen molar-refractivity contribution in [1.29, 1.82) is 0 Å². The summed E-state index contributed by atoms with van der Waals surface area (Å²) in [5.41, 5.74) is 2.27. The van der Waals surface area contributed by atoms with Gasteiger partial charge in [-0.25, -0.2) is 14.5 Å². The van der Waals surface area contributed by atoms with Crippen molar-refractivity contribution < 1.29 is 18.6 Å². The number of hydrogen-bond acceptors (Lipinski definition) is 9. The van der Waals surface area contributed by atoms with Gasteiger partial charge in [-0.05, 0) is 31.0 Å². The van der Waals surface area contributed by atoms with Gasteiger partial charge >= 0.3 is 0 Å². The minimum absolute atomic E-state index is 0.155. The highest BCUT2D eigenvalue weighted by Crippen LogP contribution is 2.35. The molecule has 2 fully saturated rings. The van der Waals surface area contributed by atoms with Gasteiger partial charge in [-0.3, -0.25) is 0 Å². The molecule has 0 saturated carbocycles. The fourth-order valence-electron chi connectivity index (χ4n) is 4.80. The van der Waals surface area contributed by atoms with E-state index in [0.29, 0.717) is 37.5 Å². The molecule has 2 aliphatic rings. The molecule has 2 aliphatic heterocycles. The molecule has 2 atom stereocenters. The molecule has 6 heterocycles. The second-order valence-corrected chi connectivity index (χ2v) is 8.72. The third-order valence-electron chi connectivity index (χ3n) is 6.45. The maximum absolute atomic E-state index is 6.24. The Morgan fingerprint density at radius 3 is 3.06 bits per heavy atom. The molecule has 34 heavy (non-hydrogen) atoms. The van der Waals surface area contributed by atoms with Gasteiger partial charge in [0, 0.05) is 32.5 Å². The Balaban J connectivity index is 1.31. The fourth-order valence-corrected chi connectivity index (χ4v) is 4.80. The van der Waals surface area contributed by atoms with Crippen LogP contribution in [0.1, 0.15) is 12.8 Å². The lowest BCUT2D eigenvalue weighted by Crippen LogP contribution is -2.44. The van der Waals surface area contributed by atoms with Crippen LogP contribution < -0.4 is 15.0 Å². The lowest BCUT2D eigenvalue weighted by atomic mass is 10.2. The zero-order valence-corrected chi connectivity index (χ0v) is 19.1. The number of furan rings is 1. The molecule has 1 N–H and O–H groups in total. The van der Waals surface area contributed by atoms with Gasteiger partial charge in [0.1, 0.15) is 23.7 Å². The zero-order chi connectivity index (χ0) is 22.9. The monoisotopic (exact) mass is 464 g/mol. The second kappa shape index (κ2) is 9.21. The molecule has 10 nitrogen and oxygen atoms in total. The molecule has 0 unspecified atom stereocenters. The van der Waals surface area contributed by atoms with Gasteiger partial charge in [-0.2, -0.15) is 0 Å². The van der Waals surface area contributed by atoms with Gasteiger partial charge in [-0.15, -0.1) is 5.10 Å². The Morgan fingerprint density at radius 2 is 2.18 bits per heavy atom. The van der Waals surface area contributed by atoms with Crippen molar-refractivity contribution in [2.24, 2.45) is 0 Å².